The van der Waals surface area contributed by atoms with Crippen LogP contribution < -0.4 is 5.32 Å². The van der Waals surface area contributed by atoms with E-state index in [0.717, 1.165) is 16.1 Å². The number of carbonyl (C=O) groups is 1. The maximum Gasteiger partial charge on any atom is 0.250 e. The molecule has 0 saturated carbocycles. The Balaban J connectivity index is 2.04. The Kier molecular flexibility index (Phi) is 4.35. The van der Waals surface area contributed by atoms with Gasteiger partial charge in [-0.15, -0.1) is 11.3 Å². The van der Waals surface area contributed by atoms with Gasteiger partial charge >= 0.3 is 0 Å². The summed E-state index contributed by atoms with van der Waals surface area (Å²) >= 11 is 7.46. The van der Waals surface area contributed by atoms with Crippen LogP contribution in [0.1, 0.15) is 16.1 Å². The highest BCUT2D eigenvalue weighted by atomic mass is 35.5. The first-order valence-electron chi connectivity index (χ1n) is 5.74. The van der Waals surface area contributed by atoms with E-state index in [4.69, 9.17) is 11.6 Å². The highest BCUT2D eigenvalue weighted by Crippen LogP contribution is 2.21. The van der Waals surface area contributed by atoms with Crippen molar-refractivity contribution in [2.24, 2.45) is 0 Å². The zero-order valence-corrected chi connectivity index (χ0v) is 12.2. The number of hydrogen-bond donors (Lipinski definition) is 1. The molecule has 1 aromatic heterocycles. The van der Waals surface area contributed by atoms with Crippen LogP contribution in [0.25, 0.3) is 6.08 Å². The molecule has 0 spiro atoms. The molecule has 0 unspecified atom stereocenters. The molecule has 1 aromatic carbocycles. The van der Waals surface area contributed by atoms with Crippen molar-refractivity contribution in [3.8, 4) is 0 Å². The Morgan fingerprint density at radius 1 is 1.37 bits per heavy atom. The van der Waals surface area contributed by atoms with Gasteiger partial charge in [0, 0.05) is 16.0 Å². The summed E-state index contributed by atoms with van der Waals surface area (Å²) < 4.78 is 0. The minimum Gasteiger partial charge on any atom is -0.298 e. The third kappa shape index (κ3) is 3.66. The lowest BCUT2D eigenvalue weighted by Gasteiger charge is -1.97. The van der Waals surface area contributed by atoms with Crippen LogP contribution in [0.15, 0.2) is 30.3 Å². The van der Waals surface area contributed by atoms with Crippen molar-refractivity contribution in [1.82, 2.24) is 4.98 Å². The molecule has 5 heteroatoms. The molecule has 2 rings (SSSR count). The SMILES string of the molecule is Cc1nc(NC(=O)/C=C/c2ccccc2Cl)sc1C. The van der Waals surface area contributed by atoms with E-state index in [1.54, 1.807) is 12.1 Å². The van der Waals surface area contributed by atoms with Crippen LogP contribution in [0.5, 0.6) is 0 Å². The van der Waals surface area contributed by atoms with Crippen molar-refractivity contribution in [2.45, 2.75) is 13.8 Å². The van der Waals surface area contributed by atoms with Gasteiger partial charge in [-0.2, -0.15) is 0 Å². The lowest BCUT2D eigenvalue weighted by molar-refractivity contribution is -0.111. The molecule has 0 aliphatic heterocycles. The Labute approximate surface area is 120 Å². The zero-order valence-electron chi connectivity index (χ0n) is 10.6. The summed E-state index contributed by atoms with van der Waals surface area (Å²) in [6.07, 6.45) is 3.14. The summed E-state index contributed by atoms with van der Waals surface area (Å²) in [5.41, 5.74) is 1.75. The normalized spacial score (nSPS) is 10.9. The summed E-state index contributed by atoms with van der Waals surface area (Å²) in [4.78, 5) is 17.1. The number of aromatic nitrogens is 1. The first-order valence-corrected chi connectivity index (χ1v) is 6.93. The molecule has 0 bridgehead atoms. The number of nitrogens with zero attached hydrogens (tertiary/aromatic N) is 1. The molecular formula is C14H13ClN2OS. The average molecular weight is 293 g/mol. The Hall–Kier alpha value is -1.65. The van der Waals surface area contributed by atoms with Gasteiger partial charge in [0.25, 0.3) is 0 Å². The van der Waals surface area contributed by atoms with Crippen molar-refractivity contribution in [2.75, 3.05) is 5.32 Å². The third-order valence-corrected chi connectivity index (χ3v) is 3.91. The Morgan fingerprint density at radius 3 is 2.74 bits per heavy atom. The summed E-state index contributed by atoms with van der Waals surface area (Å²) in [6.45, 7) is 3.89. The fourth-order valence-electron chi connectivity index (χ4n) is 1.45. The van der Waals surface area contributed by atoms with Gasteiger partial charge in [-0.05, 0) is 31.6 Å². The van der Waals surface area contributed by atoms with E-state index < -0.39 is 0 Å². The van der Waals surface area contributed by atoms with E-state index in [1.165, 1.54) is 17.4 Å². The number of thiazole rings is 1. The first-order chi connectivity index (χ1) is 9.06. The number of aryl methyl sites for hydroxylation is 2. The van der Waals surface area contributed by atoms with Gasteiger partial charge in [0.05, 0.1) is 5.69 Å². The molecular weight excluding hydrogens is 280 g/mol. The van der Waals surface area contributed by atoms with Crippen LogP contribution in [0, 0.1) is 13.8 Å². The third-order valence-electron chi connectivity index (χ3n) is 2.58. The molecule has 19 heavy (non-hydrogen) atoms. The second-order valence-corrected chi connectivity index (χ2v) is 5.62. The Morgan fingerprint density at radius 2 is 2.11 bits per heavy atom. The van der Waals surface area contributed by atoms with Crippen molar-refractivity contribution in [3.63, 3.8) is 0 Å². The molecule has 0 aliphatic rings. The van der Waals surface area contributed by atoms with Crippen LogP contribution in [-0.2, 0) is 4.79 Å². The molecule has 1 heterocycles. The summed E-state index contributed by atoms with van der Waals surface area (Å²) in [6, 6.07) is 7.36. The predicted molar refractivity (Wildman–Crippen MR) is 80.7 cm³/mol. The highest BCUT2D eigenvalue weighted by Gasteiger charge is 2.05. The van der Waals surface area contributed by atoms with Gasteiger partial charge in [0.2, 0.25) is 5.91 Å². The quantitative estimate of drug-likeness (QED) is 0.867. The van der Waals surface area contributed by atoms with Gasteiger partial charge in [0.15, 0.2) is 5.13 Å². The molecule has 3 nitrogen and oxygen atoms in total. The zero-order chi connectivity index (χ0) is 13.8. The second kappa shape index (κ2) is 5.99. The van der Waals surface area contributed by atoms with Gasteiger partial charge in [-0.1, -0.05) is 29.8 Å². The van der Waals surface area contributed by atoms with E-state index in [-0.39, 0.29) is 5.91 Å². The molecule has 0 saturated heterocycles. The number of benzene rings is 1. The van der Waals surface area contributed by atoms with Crippen molar-refractivity contribution in [3.05, 3.63) is 51.5 Å². The molecule has 98 valence electrons. The van der Waals surface area contributed by atoms with E-state index in [1.807, 2.05) is 32.0 Å². The molecule has 1 amide bonds. The number of rotatable bonds is 3. The monoisotopic (exact) mass is 292 g/mol. The highest BCUT2D eigenvalue weighted by molar-refractivity contribution is 7.15. The average Bonchev–Trinajstić information content (AvgIpc) is 2.67. The number of carbonyl (C=O) groups excluding carboxylic acids is 1. The molecule has 2 aromatic rings. The maximum absolute atomic E-state index is 11.7. The van der Waals surface area contributed by atoms with Crippen molar-refractivity contribution >= 4 is 40.1 Å². The summed E-state index contributed by atoms with van der Waals surface area (Å²) in [7, 11) is 0. The van der Waals surface area contributed by atoms with Crippen LogP contribution in [-0.4, -0.2) is 10.9 Å². The molecule has 0 atom stereocenters. The molecule has 0 radical (unpaired) electrons. The number of amides is 1. The van der Waals surface area contributed by atoms with Gasteiger partial charge in [0.1, 0.15) is 0 Å². The van der Waals surface area contributed by atoms with Crippen molar-refractivity contribution < 1.29 is 4.79 Å². The number of halogens is 1. The molecule has 0 aliphatic carbocycles. The standard InChI is InChI=1S/C14H13ClN2OS/c1-9-10(2)19-14(16-9)17-13(18)8-7-11-5-3-4-6-12(11)15/h3-8H,1-2H3,(H,16,17,18)/b8-7+. The smallest absolute Gasteiger partial charge is 0.250 e. The second-order valence-electron chi connectivity index (χ2n) is 4.00. The lowest BCUT2D eigenvalue weighted by atomic mass is 10.2. The van der Waals surface area contributed by atoms with E-state index in [2.05, 4.69) is 10.3 Å². The van der Waals surface area contributed by atoms with E-state index >= 15 is 0 Å². The number of anilines is 1. The maximum atomic E-state index is 11.7. The molecule has 1 N–H and O–H groups in total. The lowest BCUT2D eigenvalue weighted by Crippen LogP contribution is -2.07. The van der Waals surface area contributed by atoms with Crippen LogP contribution in [0.3, 0.4) is 0 Å². The first kappa shape index (κ1) is 13.8. The van der Waals surface area contributed by atoms with E-state index in [0.29, 0.717) is 10.2 Å². The largest absolute Gasteiger partial charge is 0.298 e. The fraction of sp³-hybridized carbons (Fsp3) is 0.143. The van der Waals surface area contributed by atoms with Gasteiger partial charge < -0.3 is 0 Å². The molecule has 0 fully saturated rings. The topological polar surface area (TPSA) is 42.0 Å². The van der Waals surface area contributed by atoms with Gasteiger partial charge in [-0.3, -0.25) is 10.1 Å². The van der Waals surface area contributed by atoms with Crippen LogP contribution in [0.2, 0.25) is 5.02 Å². The fourth-order valence-corrected chi connectivity index (χ4v) is 2.47. The summed E-state index contributed by atoms with van der Waals surface area (Å²) in [5, 5.41) is 3.96. The predicted octanol–water partition coefficient (Wildman–Crippen LogP) is 4.07. The van der Waals surface area contributed by atoms with E-state index in [9.17, 15) is 4.79 Å². The van der Waals surface area contributed by atoms with Crippen LogP contribution >= 0.6 is 22.9 Å². The van der Waals surface area contributed by atoms with Gasteiger partial charge in [-0.25, -0.2) is 4.98 Å². The van der Waals surface area contributed by atoms with Crippen LogP contribution in [0.4, 0.5) is 5.13 Å². The van der Waals surface area contributed by atoms with Crippen molar-refractivity contribution in [1.29, 1.82) is 0 Å². The minimum atomic E-state index is -0.214. The number of hydrogen-bond acceptors (Lipinski definition) is 3. The Bertz CT molecular complexity index is 615. The summed E-state index contributed by atoms with van der Waals surface area (Å²) in [5.74, 6) is -0.214. The minimum absolute atomic E-state index is 0.214. The number of nitrogens with one attached hydrogen (secondary N) is 1.